The highest BCUT2D eigenvalue weighted by Crippen LogP contribution is 2.33. The van der Waals surface area contributed by atoms with Crippen LogP contribution in [0.4, 0.5) is 27.6 Å². The molecule has 0 aliphatic heterocycles. The lowest BCUT2D eigenvalue weighted by Crippen LogP contribution is -2.15. The van der Waals surface area contributed by atoms with Crippen molar-refractivity contribution in [3.8, 4) is 0 Å². The first-order valence-electron chi connectivity index (χ1n) is 5.81. The molecule has 2 aromatic rings. The summed E-state index contributed by atoms with van der Waals surface area (Å²) in [5.74, 6) is -3.24. The predicted octanol–water partition coefficient (Wildman–Crippen LogP) is 5.00. The van der Waals surface area contributed by atoms with Crippen LogP contribution in [-0.2, 0) is 6.18 Å². The molecular weight excluding hydrogens is 373 g/mol. The second kappa shape index (κ2) is 6.04. The number of carbonyl (C=O) groups is 1. The zero-order valence-electron chi connectivity index (χ0n) is 10.6. The zero-order valence-corrected chi connectivity index (χ0v) is 12.2. The van der Waals surface area contributed by atoms with Crippen LogP contribution in [-0.4, -0.2) is 5.91 Å². The summed E-state index contributed by atoms with van der Waals surface area (Å²) in [6.45, 7) is 0. The summed E-state index contributed by atoms with van der Waals surface area (Å²) >= 11 is 3.05. The Morgan fingerprint density at radius 3 is 2.27 bits per heavy atom. The molecule has 0 heterocycles. The average molecular weight is 380 g/mol. The number of amides is 1. The van der Waals surface area contributed by atoms with Gasteiger partial charge >= 0.3 is 6.18 Å². The molecule has 2 rings (SSSR count). The number of halogens is 6. The van der Waals surface area contributed by atoms with Gasteiger partial charge in [-0.3, -0.25) is 4.79 Å². The summed E-state index contributed by atoms with van der Waals surface area (Å²) in [6, 6.07) is 5.56. The Balaban J connectivity index is 2.31. The van der Waals surface area contributed by atoms with Gasteiger partial charge in [-0.15, -0.1) is 0 Å². The first-order valence-corrected chi connectivity index (χ1v) is 6.61. The van der Waals surface area contributed by atoms with Crippen LogP contribution in [0.2, 0.25) is 0 Å². The van der Waals surface area contributed by atoms with Gasteiger partial charge in [0.2, 0.25) is 0 Å². The van der Waals surface area contributed by atoms with Crippen molar-refractivity contribution < 1.29 is 26.7 Å². The summed E-state index contributed by atoms with van der Waals surface area (Å²) < 4.78 is 64.9. The van der Waals surface area contributed by atoms with E-state index in [-0.39, 0.29) is 11.3 Å². The van der Waals surface area contributed by atoms with Crippen LogP contribution in [0.3, 0.4) is 0 Å². The maximum atomic E-state index is 13.5. The maximum absolute atomic E-state index is 13.5. The summed E-state index contributed by atoms with van der Waals surface area (Å²) in [5, 5.41) is 2.10. The van der Waals surface area contributed by atoms with E-state index >= 15 is 0 Å². The fourth-order valence-electron chi connectivity index (χ4n) is 1.69. The van der Waals surface area contributed by atoms with Crippen molar-refractivity contribution in [1.29, 1.82) is 0 Å². The Hall–Kier alpha value is -1.96. The predicted molar refractivity (Wildman–Crippen MR) is 73.5 cm³/mol. The third-order valence-corrected chi connectivity index (χ3v) is 3.20. The minimum absolute atomic E-state index is 0.293. The molecule has 0 spiro atoms. The van der Waals surface area contributed by atoms with Crippen LogP contribution in [0.1, 0.15) is 15.9 Å². The fraction of sp³-hybridized carbons (Fsp3) is 0.0714. The van der Waals surface area contributed by atoms with Crippen molar-refractivity contribution in [2.24, 2.45) is 0 Å². The standard InChI is InChI=1S/C14H7BrF5NO/c15-7-1-3-11(16)9(5-7)13(22)21-8-2-4-12(17)10(6-8)14(18,19)20/h1-6H,(H,21,22). The maximum Gasteiger partial charge on any atom is 0.419 e. The van der Waals surface area contributed by atoms with Crippen LogP contribution in [0.15, 0.2) is 40.9 Å². The molecule has 0 radical (unpaired) electrons. The van der Waals surface area contributed by atoms with Crippen molar-refractivity contribution in [2.45, 2.75) is 6.18 Å². The van der Waals surface area contributed by atoms with E-state index in [1.165, 1.54) is 12.1 Å². The highest BCUT2D eigenvalue weighted by molar-refractivity contribution is 9.10. The molecule has 0 fully saturated rings. The van der Waals surface area contributed by atoms with Gasteiger partial charge in [-0.25, -0.2) is 8.78 Å². The van der Waals surface area contributed by atoms with Gasteiger partial charge < -0.3 is 5.32 Å². The van der Waals surface area contributed by atoms with Crippen LogP contribution < -0.4 is 5.32 Å². The van der Waals surface area contributed by atoms with E-state index in [2.05, 4.69) is 21.2 Å². The SMILES string of the molecule is O=C(Nc1ccc(F)c(C(F)(F)F)c1)c1cc(Br)ccc1F. The van der Waals surface area contributed by atoms with Crippen LogP contribution >= 0.6 is 15.9 Å². The van der Waals surface area contributed by atoms with Gasteiger partial charge in [-0.2, -0.15) is 13.2 Å². The largest absolute Gasteiger partial charge is 0.419 e. The van der Waals surface area contributed by atoms with Crippen molar-refractivity contribution in [3.05, 3.63) is 63.6 Å². The van der Waals surface area contributed by atoms with Gasteiger partial charge in [0.1, 0.15) is 11.6 Å². The molecule has 0 atom stereocenters. The molecule has 0 unspecified atom stereocenters. The van der Waals surface area contributed by atoms with Crippen molar-refractivity contribution in [3.63, 3.8) is 0 Å². The second-order valence-electron chi connectivity index (χ2n) is 4.27. The van der Waals surface area contributed by atoms with E-state index in [0.717, 1.165) is 12.1 Å². The zero-order chi connectivity index (χ0) is 16.5. The lowest BCUT2D eigenvalue weighted by molar-refractivity contribution is -0.139. The first kappa shape index (κ1) is 16.4. The molecule has 0 aliphatic carbocycles. The summed E-state index contributed by atoms with van der Waals surface area (Å²) in [6.07, 6.45) is -4.90. The topological polar surface area (TPSA) is 29.1 Å². The van der Waals surface area contributed by atoms with Gasteiger partial charge in [-0.05, 0) is 36.4 Å². The highest BCUT2D eigenvalue weighted by Gasteiger charge is 2.34. The first-order chi connectivity index (χ1) is 10.2. The number of anilines is 1. The molecule has 116 valence electrons. The molecule has 2 nitrogen and oxygen atoms in total. The smallest absolute Gasteiger partial charge is 0.322 e. The number of rotatable bonds is 2. The Morgan fingerprint density at radius 1 is 1.00 bits per heavy atom. The van der Waals surface area contributed by atoms with E-state index in [9.17, 15) is 26.7 Å². The molecular formula is C14H7BrF5NO. The summed E-state index contributed by atoms with van der Waals surface area (Å²) in [5.41, 5.74) is -2.16. The Morgan fingerprint density at radius 2 is 1.64 bits per heavy atom. The van der Waals surface area contributed by atoms with Crippen molar-refractivity contribution in [1.82, 2.24) is 0 Å². The van der Waals surface area contributed by atoms with Gasteiger partial charge in [0.15, 0.2) is 0 Å². The van der Waals surface area contributed by atoms with E-state index < -0.39 is 29.3 Å². The number of hydrogen-bond donors (Lipinski definition) is 1. The lowest BCUT2D eigenvalue weighted by Gasteiger charge is -2.11. The minimum atomic E-state index is -4.90. The number of alkyl halides is 3. The third-order valence-electron chi connectivity index (χ3n) is 2.70. The van der Waals surface area contributed by atoms with Crippen LogP contribution in [0.5, 0.6) is 0 Å². The quantitative estimate of drug-likeness (QED) is 0.731. The molecule has 8 heteroatoms. The van der Waals surface area contributed by atoms with Crippen molar-refractivity contribution in [2.75, 3.05) is 5.32 Å². The lowest BCUT2D eigenvalue weighted by atomic mass is 10.1. The van der Waals surface area contributed by atoms with Gasteiger partial charge in [0.05, 0.1) is 11.1 Å². The molecule has 0 saturated carbocycles. The van der Waals surface area contributed by atoms with Crippen LogP contribution in [0.25, 0.3) is 0 Å². The monoisotopic (exact) mass is 379 g/mol. The molecule has 0 bridgehead atoms. The average Bonchev–Trinajstić information content (AvgIpc) is 2.42. The molecule has 0 saturated heterocycles. The number of hydrogen-bond acceptors (Lipinski definition) is 1. The van der Waals surface area contributed by atoms with E-state index in [1.807, 2.05) is 0 Å². The fourth-order valence-corrected chi connectivity index (χ4v) is 2.05. The number of nitrogens with one attached hydrogen (secondary N) is 1. The second-order valence-corrected chi connectivity index (χ2v) is 5.19. The minimum Gasteiger partial charge on any atom is -0.322 e. The van der Waals surface area contributed by atoms with Gasteiger partial charge in [0, 0.05) is 10.2 Å². The van der Waals surface area contributed by atoms with E-state index in [1.54, 1.807) is 0 Å². The number of carbonyl (C=O) groups excluding carboxylic acids is 1. The van der Waals surface area contributed by atoms with Crippen LogP contribution in [0, 0.1) is 11.6 Å². The molecule has 1 amide bonds. The Labute approximate surface area is 130 Å². The van der Waals surface area contributed by atoms with Gasteiger partial charge in [0.25, 0.3) is 5.91 Å². The summed E-state index contributed by atoms with van der Waals surface area (Å²) in [7, 11) is 0. The van der Waals surface area contributed by atoms with Gasteiger partial charge in [-0.1, -0.05) is 15.9 Å². The molecule has 0 aromatic heterocycles. The molecule has 2 aromatic carbocycles. The van der Waals surface area contributed by atoms with Crippen molar-refractivity contribution >= 4 is 27.5 Å². The molecule has 0 aliphatic rings. The third kappa shape index (κ3) is 3.62. The molecule has 22 heavy (non-hydrogen) atoms. The normalized spacial score (nSPS) is 11.4. The Bertz CT molecular complexity index is 730. The highest BCUT2D eigenvalue weighted by atomic mass is 79.9. The van der Waals surface area contributed by atoms with E-state index in [0.29, 0.717) is 16.6 Å². The summed E-state index contributed by atoms with van der Waals surface area (Å²) in [4.78, 5) is 11.9. The number of benzene rings is 2. The molecule has 1 N–H and O–H groups in total. The van der Waals surface area contributed by atoms with E-state index in [4.69, 9.17) is 0 Å². The Kier molecular flexibility index (Phi) is 4.50.